The first-order valence-corrected chi connectivity index (χ1v) is 10.3. The van der Waals surface area contributed by atoms with Gasteiger partial charge in [0.25, 0.3) is 0 Å². The smallest absolute Gasteiger partial charge is 0.236 e. The average molecular weight is 415 g/mol. The van der Waals surface area contributed by atoms with Crippen LogP contribution >= 0.6 is 23.1 Å². The van der Waals surface area contributed by atoms with Gasteiger partial charge in [0.1, 0.15) is 0 Å². The summed E-state index contributed by atoms with van der Waals surface area (Å²) in [5, 5.41) is 12.0. The second kappa shape index (κ2) is 9.44. The van der Waals surface area contributed by atoms with Crippen LogP contribution in [0.1, 0.15) is 21.6 Å². The van der Waals surface area contributed by atoms with Crippen molar-refractivity contribution in [3.05, 3.63) is 81.9 Å². The van der Waals surface area contributed by atoms with Crippen molar-refractivity contribution in [2.45, 2.75) is 12.2 Å². The van der Waals surface area contributed by atoms with Gasteiger partial charge in [0, 0.05) is 23.2 Å². The van der Waals surface area contributed by atoms with E-state index in [-0.39, 0.29) is 11.7 Å². The molecule has 0 radical (unpaired) electrons. The minimum atomic E-state index is -0.880. The van der Waals surface area contributed by atoms with Gasteiger partial charge in [-0.25, -0.2) is 13.8 Å². The number of nitrogens with zero attached hydrogens (tertiary/aromatic N) is 2. The number of carbonyl (C=O) groups excluding carboxylic acids is 1. The van der Waals surface area contributed by atoms with Crippen molar-refractivity contribution in [3.63, 3.8) is 0 Å². The maximum absolute atomic E-state index is 13.3. The number of thioether (sulfide) groups is 1. The first-order chi connectivity index (χ1) is 13.5. The zero-order chi connectivity index (χ0) is 19.9. The van der Waals surface area contributed by atoms with Gasteiger partial charge in [0.15, 0.2) is 16.8 Å². The number of hydrogen-bond acceptors (Lipinski definition) is 5. The van der Waals surface area contributed by atoms with Crippen LogP contribution in [0.15, 0.2) is 48.7 Å². The van der Waals surface area contributed by atoms with E-state index in [4.69, 9.17) is 5.26 Å². The third-order valence-corrected chi connectivity index (χ3v) is 5.66. The third-order valence-electron chi connectivity index (χ3n) is 3.75. The molecule has 8 heteroatoms. The molecule has 0 bridgehead atoms. The van der Waals surface area contributed by atoms with Gasteiger partial charge in [-0.3, -0.25) is 4.79 Å². The van der Waals surface area contributed by atoms with Crippen LogP contribution in [0.5, 0.6) is 0 Å². The van der Waals surface area contributed by atoms with E-state index in [9.17, 15) is 13.6 Å². The number of nitrogens with one attached hydrogen (secondary N) is 1. The molecule has 1 amide bonds. The zero-order valence-corrected chi connectivity index (χ0v) is 16.2. The summed E-state index contributed by atoms with van der Waals surface area (Å²) in [4.78, 5) is 17.0. The number of carbonyl (C=O) groups is 1. The molecule has 0 saturated heterocycles. The number of amides is 1. The van der Waals surface area contributed by atoms with E-state index in [1.54, 1.807) is 18.3 Å². The average Bonchev–Trinajstić information content (AvgIpc) is 3.12. The molecular weight excluding hydrogens is 400 g/mol. The molecular formula is C20H15F2N3OS2. The second-order valence-corrected chi connectivity index (χ2v) is 8.01. The molecule has 0 aliphatic rings. The Hall–Kier alpha value is -2.76. The van der Waals surface area contributed by atoms with Gasteiger partial charge in [0.2, 0.25) is 5.91 Å². The molecule has 2 aromatic carbocycles. The van der Waals surface area contributed by atoms with E-state index in [2.05, 4.69) is 16.4 Å². The lowest BCUT2D eigenvalue weighted by atomic mass is 10.1. The summed E-state index contributed by atoms with van der Waals surface area (Å²) in [5.41, 5.74) is 2.28. The number of rotatable bonds is 7. The third kappa shape index (κ3) is 5.62. The molecule has 28 heavy (non-hydrogen) atoms. The number of halogens is 2. The summed E-state index contributed by atoms with van der Waals surface area (Å²) in [5.74, 6) is -0.974. The van der Waals surface area contributed by atoms with Gasteiger partial charge >= 0.3 is 0 Å². The molecule has 4 nitrogen and oxygen atoms in total. The molecule has 1 aromatic heterocycles. The SMILES string of the molecule is N#Cc1ccc(CSCC(=O)Nc2ncc(Cc3ccc(F)c(F)c3)s2)cc1. The van der Waals surface area contributed by atoms with Crippen LogP contribution in [0.2, 0.25) is 0 Å². The Balaban J connectivity index is 1.46. The summed E-state index contributed by atoms with van der Waals surface area (Å²) >= 11 is 2.77. The lowest BCUT2D eigenvalue weighted by Gasteiger charge is -2.03. The highest BCUT2D eigenvalue weighted by molar-refractivity contribution is 7.99. The summed E-state index contributed by atoms with van der Waals surface area (Å²) in [6, 6.07) is 13.1. The molecule has 142 valence electrons. The van der Waals surface area contributed by atoms with Crippen LogP contribution in [-0.2, 0) is 17.0 Å². The summed E-state index contributed by atoms with van der Waals surface area (Å²) in [6.45, 7) is 0. The first-order valence-electron chi connectivity index (χ1n) is 8.29. The fourth-order valence-electron chi connectivity index (χ4n) is 2.39. The molecule has 0 fully saturated rings. The Bertz CT molecular complexity index is 1010. The number of aromatic nitrogens is 1. The Kier molecular flexibility index (Phi) is 6.74. The van der Waals surface area contributed by atoms with Crippen molar-refractivity contribution in [2.24, 2.45) is 0 Å². The zero-order valence-electron chi connectivity index (χ0n) is 14.6. The van der Waals surface area contributed by atoms with Gasteiger partial charge in [0.05, 0.1) is 17.4 Å². The minimum Gasteiger partial charge on any atom is -0.301 e. The van der Waals surface area contributed by atoms with Crippen molar-refractivity contribution in [1.82, 2.24) is 4.98 Å². The van der Waals surface area contributed by atoms with Gasteiger partial charge in [-0.2, -0.15) is 5.26 Å². The molecule has 0 aliphatic heterocycles. The highest BCUT2D eigenvalue weighted by Gasteiger charge is 2.09. The number of thiazole rings is 1. The van der Waals surface area contributed by atoms with Crippen LogP contribution in [0, 0.1) is 23.0 Å². The first kappa shape index (κ1) is 20.0. The summed E-state index contributed by atoms with van der Waals surface area (Å²) < 4.78 is 26.3. The number of hydrogen-bond donors (Lipinski definition) is 1. The van der Waals surface area contributed by atoms with Gasteiger partial charge in [-0.1, -0.05) is 18.2 Å². The number of anilines is 1. The van der Waals surface area contributed by atoms with Gasteiger partial charge < -0.3 is 5.32 Å². The van der Waals surface area contributed by atoms with Crippen LogP contribution in [0.25, 0.3) is 0 Å². The minimum absolute atomic E-state index is 0.160. The van der Waals surface area contributed by atoms with Crippen molar-refractivity contribution >= 4 is 34.1 Å². The van der Waals surface area contributed by atoms with Gasteiger partial charge in [-0.05, 0) is 35.4 Å². The molecule has 3 aromatic rings. The molecule has 0 atom stereocenters. The molecule has 1 heterocycles. The predicted octanol–water partition coefficient (Wildman–Crippen LogP) is 4.76. The van der Waals surface area contributed by atoms with E-state index in [0.717, 1.165) is 22.6 Å². The van der Waals surface area contributed by atoms with Gasteiger partial charge in [-0.15, -0.1) is 23.1 Å². The number of nitriles is 1. The van der Waals surface area contributed by atoms with E-state index < -0.39 is 11.6 Å². The van der Waals surface area contributed by atoms with Crippen LogP contribution in [-0.4, -0.2) is 16.6 Å². The fourth-order valence-corrected chi connectivity index (χ4v) is 4.04. The summed E-state index contributed by atoms with van der Waals surface area (Å²) in [7, 11) is 0. The van der Waals surface area contributed by atoms with Crippen LogP contribution in [0.3, 0.4) is 0 Å². The highest BCUT2D eigenvalue weighted by atomic mass is 32.2. The van der Waals surface area contributed by atoms with E-state index in [0.29, 0.717) is 28.4 Å². The summed E-state index contributed by atoms with van der Waals surface area (Å²) in [6.07, 6.45) is 2.03. The Morgan fingerprint density at radius 1 is 1.14 bits per heavy atom. The second-order valence-electron chi connectivity index (χ2n) is 5.91. The quantitative estimate of drug-likeness (QED) is 0.604. The highest BCUT2D eigenvalue weighted by Crippen LogP contribution is 2.22. The van der Waals surface area contributed by atoms with E-state index in [1.807, 2.05) is 12.1 Å². The Morgan fingerprint density at radius 3 is 2.61 bits per heavy atom. The fraction of sp³-hybridized carbons (Fsp3) is 0.150. The van der Waals surface area contributed by atoms with Crippen molar-refractivity contribution in [1.29, 1.82) is 5.26 Å². The van der Waals surface area contributed by atoms with Crippen LogP contribution < -0.4 is 5.32 Å². The van der Waals surface area contributed by atoms with Crippen LogP contribution in [0.4, 0.5) is 13.9 Å². The molecule has 0 spiro atoms. The Labute approximate surface area is 169 Å². The largest absolute Gasteiger partial charge is 0.301 e. The van der Waals surface area contributed by atoms with E-state index >= 15 is 0 Å². The van der Waals surface area contributed by atoms with Crippen molar-refractivity contribution in [2.75, 3.05) is 11.1 Å². The molecule has 3 rings (SSSR count). The predicted molar refractivity (Wildman–Crippen MR) is 107 cm³/mol. The van der Waals surface area contributed by atoms with Crippen molar-refractivity contribution in [3.8, 4) is 6.07 Å². The lowest BCUT2D eigenvalue weighted by molar-refractivity contribution is -0.113. The molecule has 1 N–H and O–H groups in total. The standard InChI is InChI=1S/C20H15F2N3OS2/c21-17-6-5-15(8-18(17)22)7-16-10-24-20(28-16)25-19(26)12-27-11-14-3-1-13(9-23)2-4-14/h1-6,8,10H,7,11-12H2,(H,24,25,26). The van der Waals surface area contributed by atoms with E-state index in [1.165, 1.54) is 29.2 Å². The molecule has 0 aliphatic carbocycles. The monoisotopic (exact) mass is 415 g/mol. The molecule has 0 unspecified atom stereocenters. The normalized spacial score (nSPS) is 10.5. The Morgan fingerprint density at radius 2 is 1.89 bits per heavy atom. The maximum atomic E-state index is 13.3. The number of benzene rings is 2. The maximum Gasteiger partial charge on any atom is 0.236 e. The topological polar surface area (TPSA) is 65.8 Å². The van der Waals surface area contributed by atoms with Crippen molar-refractivity contribution < 1.29 is 13.6 Å². The lowest BCUT2D eigenvalue weighted by Crippen LogP contribution is -2.13. The molecule has 0 saturated carbocycles.